The van der Waals surface area contributed by atoms with Gasteiger partial charge < -0.3 is 10.2 Å². The van der Waals surface area contributed by atoms with E-state index in [2.05, 4.69) is 5.32 Å². The third-order valence-electron chi connectivity index (χ3n) is 7.00. The Balaban J connectivity index is 2.07. The highest BCUT2D eigenvalue weighted by atomic mass is 35.5. The maximum Gasteiger partial charge on any atom is 0.264 e. The molecule has 0 fully saturated rings. The number of nitrogens with one attached hydrogen (secondary N) is 1. The van der Waals surface area contributed by atoms with Gasteiger partial charge in [-0.15, -0.1) is 0 Å². The second kappa shape index (κ2) is 14.5. The molecule has 0 saturated heterocycles. The topological polar surface area (TPSA) is 86.8 Å². The number of benzene rings is 3. The van der Waals surface area contributed by atoms with Gasteiger partial charge in [-0.1, -0.05) is 73.8 Å². The van der Waals surface area contributed by atoms with Crippen molar-refractivity contribution in [1.29, 1.82) is 0 Å². The second-order valence-corrected chi connectivity index (χ2v) is 12.6. The van der Waals surface area contributed by atoms with E-state index in [4.69, 9.17) is 11.6 Å². The first-order valence-corrected chi connectivity index (χ1v) is 15.8. The van der Waals surface area contributed by atoms with Gasteiger partial charge >= 0.3 is 0 Å². The fraction of sp³-hybridized carbons (Fsp3) is 0.375. The zero-order valence-electron chi connectivity index (χ0n) is 24.5. The number of halogens is 1. The Morgan fingerprint density at radius 3 is 2.15 bits per heavy atom. The Morgan fingerprint density at radius 1 is 0.902 bits per heavy atom. The van der Waals surface area contributed by atoms with Crippen LogP contribution in [0.2, 0.25) is 5.02 Å². The molecular weight excluding hydrogens is 558 g/mol. The monoisotopic (exact) mass is 597 g/mol. The van der Waals surface area contributed by atoms with Crippen molar-refractivity contribution in [1.82, 2.24) is 10.2 Å². The molecule has 1 N–H and O–H groups in total. The molecule has 0 aromatic heterocycles. The fourth-order valence-electron chi connectivity index (χ4n) is 4.55. The van der Waals surface area contributed by atoms with Crippen molar-refractivity contribution in [2.45, 2.75) is 71.4 Å². The Kier molecular flexibility index (Phi) is 11.4. The van der Waals surface area contributed by atoms with Gasteiger partial charge in [-0.05, 0) is 80.6 Å². The molecule has 0 saturated carbocycles. The van der Waals surface area contributed by atoms with Gasteiger partial charge in [-0.25, -0.2) is 8.42 Å². The molecule has 3 aromatic carbocycles. The molecule has 3 rings (SSSR count). The highest BCUT2D eigenvalue weighted by Crippen LogP contribution is 2.29. The molecule has 0 spiro atoms. The van der Waals surface area contributed by atoms with E-state index in [0.717, 1.165) is 29.5 Å². The molecule has 3 aromatic rings. The summed E-state index contributed by atoms with van der Waals surface area (Å²) in [5, 5.41) is 3.50. The highest BCUT2D eigenvalue weighted by Gasteiger charge is 2.34. The smallest absolute Gasteiger partial charge is 0.264 e. The zero-order chi connectivity index (χ0) is 30.2. The maximum atomic E-state index is 14.2. The van der Waals surface area contributed by atoms with Crippen LogP contribution in [0.3, 0.4) is 0 Å². The van der Waals surface area contributed by atoms with E-state index in [0.29, 0.717) is 29.2 Å². The van der Waals surface area contributed by atoms with Crippen LogP contribution in [0.15, 0.2) is 71.6 Å². The van der Waals surface area contributed by atoms with Crippen LogP contribution >= 0.6 is 11.6 Å². The lowest BCUT2D eigenvalue weighted by Gasteiger charge is -2.33. The SMILES string of the molecule is CCCCNC(=O)[C@@H](CC)N(Cc1ccc(Cl)cc1)C(=O)CN(c1cc(C)ccc1C)S(=O)(=O)c1ccc(C)cc1. The number of sulfonamides is 1. The molecule has 9 heteroatoms. The van der Waals surface area contributed by atoms with Gasteiger partial charge in [0.25, 0.3) is 10.0 Å². The van der Waals surface area contributed by atoms with Gasteiger partial charge in [-0.2, -0.15) is 0 Å². The van der Waals surface area contributed by atoms with E-state index in [1.54, 1.807) is 54.6 Å². The lowest BCUT2D eigenvalue weighted by molar-refractivity contribution is -0.140. The first-order chi connectivity index (χ1) is 19.5. The number of carbonyl (C=O) groups excluding carboxylic acids is 2. The van der Waals surface area contributed by atoms with Crippen LogP contribution in [0.4, 0.5) is 5.69 Å². The Hall–Kier alpha value is -3.36. The van der Waals surface area contributed by atoms with Crippen molar-refractivity contribution < 1.29 is 18.0 Å². The lowest BCUT2D eigenvalue weighted by atomic mass is 10.1. The molecule has 41 heavy (non-hydrogen) atoms. The number of anilines is 1. The summed E-state index contributed by atoms with van der Waals surface area (Å²) >= 11 is 6.09. The van der Waals surface area contributed by atoms with Crippen LogP contribution < -0.4 is 9.62 Å². The third kappa shape index (κ3) is 8.33. The number of hydrogen-bond donors (Lipinski definition) is 1. The molecule has 1 atom stereocenters. The fourth-order valence-corrected chi connectivity index (χ4v) is 6.15. The summed E-state index contributed by atoms with van der Waals surface area (Å²) < 4.78 is 29.3. The number of nitrogens with zero attached hydrogens (tertiary/aromatic N) is 2. The van der Waals surface area contributed by atoms with Crippen LogP contribution in [0.1, 0.15) is 55.4 Å². The first-order valence-electron chi connectivity index (χ1n) is 14.0. The van der Waals surface area contributed by atoms with Crippen LogP contribution in [0, 0.1) is 20.8 Å². The molecule has 0 aliphatic carbocycles. The zero-order valence-corrected chi connectivity index (χ0v) is 26.1. The predicted molar refractivity (Wildman–Crippen MR) is 166 cm³/mol. The van der Waals surface area contributed by atoms with Crippen LogP contribution in [-0.4, -0.2) is 44.3 Å². The van der Waals surface area contributed by atoms with Crippen molar-refractivity contribution in [3.8, 4) is 0 Å². The van der Waals surface area contributed by atoms with Crippen LogP contribution in [0.25, 0.3) is 0 Å². The quantitative estimate of drug-likeness (QED) is 0.238. The molecule has 2 amide bonds. The first kappa shape index (κ1) is 32.2. The lowest BCUT2D eigenvalue weighted by Crippen LogP contribution is -2.52. The minimum Gasteiger partial charge on any atom is -0.354 e. The summed E-state index contributed by atoms with van der Waals surface area (Å²) in [6.45, 7) is 9.63. The summed E-state index contributed by atoms with van der Waals surface area (Å²) in [7, 11) is -4.12. The molecule has 7 nitrogen and oxygen atoms in total. The Labute approximate surface area is 249 Å². The Morgan fingerprint density at radius 2 is 1.54 bits per heavy atom. The average Bonchev–Trinajstić information content (AvgIpc) is 2.94. The summed E-state index contributed by atoms with van der Waals surface area (Å²) in [6.07, 6.45) is 2.11. The summed E-state index contributed by atoms with van der Waals surface area (Å²) in [4.78, 5) is 29.0. The minimum absolute atomic E-state index is 0.0883. The Bertz CT molecular complexity index is 1440. The van der Waals surface area contributed by atoms with Gasteiger partial charge in [0.05, 0.1) is 10.6 Å². The molecule has 0 bridgehead atoms. The van der Waals surface area contributed by atoms with Gasteiger partial charge in [0.15, 0.2) is 0 Å². The molecular formula is C32H40ClN3O4S. The minimum atomic E-state index is -4.12. The summed E-state index contributed by atoms with van der Waals surface area (Å²) in [5.41, 5.74) is 3.70. The molecule has 0 radical (unpaired) electrons. The molecule has 0 unspecified atom stereocenters. The van der Waals surface area contributed by atoms with E-state index < -0.39 is 28.5 Å². The number of amides is 2. The standard InChI is InChI=1S/C32H40ClN3O4S/c1-6-8-19-34-32(38)29(7-2)35(21-26-13-15-27(33)16-14-26)31(37)22-36(30-20-24(4)9-12-25(30)5)41(39,40)28-17-10-23(3)11-18-28/h9-18,20,29H,6-8,19,21-22H2,1-5H3,(H,34,38)/t29-/m1/s1. The maximum absolute atomic E-state index is 14.2. The van der Waals surface area contributed by atoms with Crippen molar-refractivity contribution in [2.75, 3.05) is 17.4 Å². The summed E-state index contributed by atoms with van der Waals surface area (Å²) in [5.74, 6) is -0.739. The number of hydrogen-bond acceptors (Lipinski definition) is 4. The number of carbonyl (C=O) groups is 2. The van der Waals surface area contributed by atoms with Crippen molar-refractivity contribution in [2.24, 2.45) is 0 Å². The van der Waals surface area contributed by atoms with Gasteiger partial charge in [-0.3, -0.25) is 13.9 Å². The van der Waals surface area contributed by atoms with Gasteiger partial charge in [0.1, 0.15) is 12.6 Å². The van der Waals surface area contributed by atoms with E-state index in [9.17, 15) is 18.0 Å². The van der Waals surface area contributed by atoms with Gasteiger partial charge in [0, 0.05) is 18.1 Å². The van der Waals surface area contributed by atoms with E-state index in [1.807, 2.05) is 46.8 Å². The van der Waals surface area contributed by atoms with Crippen LogP contribution in [-0.2, 0) is 26.2 Å². The van der Waals surface area contributed by atoms with E-state index in [-0.39, 0.29) is 17.3 Å². The van der Waals surface area contributed by atoms with Crippen molar-refractivity contribution in [3.05, 3.63) is 94.0 Å². The average molecular weight is 598 g/mol. The highest BCUT2D eigenvalue weighted by molar-refractivity contribution is 7.92. The summed E-state index contributed by atoms with van der Waals surface area (Å²) in [6, 6.07) is 18.4. The number of unbranched alkanes of at least 4 members (excludes halogenated alkanes) is 1. The second-order valence-electron chi connectivity index (χ2n) is 10.3. The number of rotatable bonds is 13. The number of aryl methyl sites for hydroxylation is 3. The van der Waals surface area contributed by atoms with Crippen LogP contribution in [0.5, 0.6) is 0 Å². The van der Waals surface area contributed by atoms with E-state index >= 15 is 0 Å². The molecule has 220 valence electrons. The van der Waals surface area contributed by atoms with Crippen molar-refractivity contribution >= 4 is 39.1 Å². The molecule has 0 aliphatic rings. The largest absolute Gasteiger partial charge is 0.354 e. The van der Waals surface area contributed by atoms with Crippen molar-refractivity contribution in [3.63, 3.8) is 0 Å². The molecule has 0 aliphatic heterocycles. The predicted octanol–water partition coefficient (Wildman–Crippen LogP) is 6.18. The third-order valence-corrected chi connectivity index (χ3v) is 9.03. The normalized spacial score (nSPS) is 12.0. The van der Waals surface area contributed by atoms with Gasteiger partial charge in [0.2, 0.25) is 11.8 Å². The molecule has 0 heterocycles. The van der Waals surface area contributed by atoms with E-state index in [1.165, 1.54) is 9.21 Å².